The minimum absolute atomic E-state index is 0.00781. The monoisotopic (exact) mass is 201 g/mol. The third-order valence-electron chi connectivity index (χ3n) is 2.96. The Balaban J connectivity index is 2.03. The average molecular weight is 201 g/mol. The first-order valence-electron chi connectivity index (χ1n) is 5.92. The van der Waals surface area contributed by atoms with Gasteiger partial charge in [-0.2, -0.15) is 0 Å². The molecule has 0 spiro atoms. The summed E-state index contributed by atoms with van der Waals surface area (Å²) in [4.78, 5) is 0. The summed E-state index contributed by atoms with van der Waals surface area (Å²) in [6.45, 7) is 5.63. The highest BCUT2D eigenvalue weighted by Crippen LogP contribution is 2.12. The van der Waals surface area contributed by atoms with Crippen LogP contribution in [0.3, 0.4) is 0 Å². The lowest BCUT2D eigenvalue weighted by Gasteiger charge is -2.45. The Morgan fingerprint density at radius 3 is 2.36 bits per heavy atom. The van der Waals surface area contributed by atoms with Crippen LogP contribution in [-0.4, -0.2) is 37.5 Å². The van der Waals surface area contributed by atoms with Gasteiger partial charge >= 0.3 is 0 Å². The number of hydrogen-bond donors (Lipinski definition) is 0. The van der Waals surface area contributed by atoms with E-state index in [-0.39, 0.29) is 4.65 Å². The largest absolute Gasteiger partial charge is 0.633 e. The van der Waals surface area contributed by atoms with E-state index in [2.05, 4.69) is 6.92 Å². The summed E-state index contributed by atoms with van der Waals surface area (Å²) in [5.74, 6) is 0. The molecule has 1 heterocycles. The first-order valence-corrected chi connectivity index (χ1v) is 5.92. The van der Waals surface area contributed by atoms with Crippen LogP contribution in [0.2, 0.25) is 0 Å². The van der Waals surface area contributed by atoms with Crippen LogP contribution < -0.4 is 0 Å². The van der Waals surface area contributed by atoms with Gasteiger partial charge in [0.25, 0.3) is 0 Å². The van der Waals surface area contributed by atoms with E-state index in [1.54, 1.807) is 0 Å². The number of hydroxylamine groups is 3. The molecule has 0 radical (unpaired) electrons. The zero-order valence-corrected chi connectivity index (χ0v) is 9.33. The maximum atomic E-state index is 12.0. The Kier molecular flexibility index (Phi) is 5.45. The molecule has 1 rings (SSSR count). The van der Waals surface area contributed by atoms with Crippen molar-refractivity contribution < 1.29 is 9.38 Å². The number of morpholine rings is 1. The topological polar surface area (TPSA) is 32.3 Å². The quantitative estimate of drug-likeness (QED) is 0.375. The lowest BCUT2D eigenvalue weighted by molar-refractivity contribution is -0.888. The molecule has 1 aliphatic rings. The van der Waals surface area contributed by atoms with Gasteiger partial charge in [-0.15, -0.1) is 0 Å². The van der Waals surface area contributed by atoms with Crippen LogP contribution in [0.25, 0.3) is 0 Å². The normalized spacial score (nSPS) is 21.0. The van der Waals surface area contributed by atoms with Gasteiger partial charge in [-0.05, 0) is 12.8 Å². The zero-order valence-electron chi connectivity index (χ0n) is 9.33. The fraction of sp³-hybridized carbons (Fsp3) is 1.00. The summed E-state index contributed by atoms with van der Waals surface area (Å²) in [7, 11) is 0. The molecule has 1 aliphatic heterocycles. The fourth-order valence-electron chi connectivity index (χ4n) is 1.90. The maximum Gasteiger partial charge on any atom is 0.102 e. The predicted molar refractivity (Wildman–Crippen MR) is 57.8 cm³/mol. The summed E-state index contributed by atoms with van der Waals surface area (Å²) in [6, 6.07) is 0. The minimum atomic E-state index is -0.00781. The van der Waals surface area contributed by atoms with Gasteiger partial charge in [0.1, 0.15) is 13.1 Å². The van der Waals surface area contributed by atoms with Gasteiger partial charge in [0.2, 0.25) is 0 Å². The first kappa shape index (κ1) is 12.0. The van der Waals surface area contributed by atoms with Crippen molar-refractivity contribution in [1.82, 2.24) is 0 Å². The van der Waals surface area contributed by atoms with Crippen LogP contribution in [0.5, 0.6) is 0 Å². The molecule has 3 nitrogen and oxygen atoms in total. The Morgan fingerprint density at radius 1 is 1.07 bits per heavy atom. The first-order chi connectivity index (χ1) is 6.77. The Hall–Kier alpha value is -0.120. The molecule has 0 aliphatic carbocycles. The van der Waals surface area contributed by atoms with Gasteiger partial charge in [-0.3, -0.25) is 0 Å². The van der Waals surface area contributed by atoms with Crippen molar-refractivity contribution in [2.75, 3.05) is 32.8 Å². The SMILES string of the molecule is CCCCCCC[N+]1([O-])CCOCC1. The number of nitrogens with zero attached hydrogens (tertiary/aromatic N) is 1. The van der Waals surface area contributed by atoms with E-state index in [0.29, 0.717) is 26.3 Å². The number of rotatable bonds is 6. The molecular weight excluding hydrogens is 178 g/mol. The molecule has 3 heteroatoms. The van der Waals surface area contributed by atoms with E-state index in [1.165, 1.54) is 25.7 Å². The summed E-state index contributed by atoms with van der Waals surface area (Å²) < 4.78 is 5.19. The molecule has 0 atom stereocenters. The smallest absolute Gasteiger partial charge is 0.102 e. The second kappa shape index (κ2) is 6.38. The minimum Gasteiger partial charge on any atom is -0.633 e. The molecule has 0 aromatic heterocycles. The fourth-order valence-corrected chi connectivity index (χ4v) is 1.90. The Labute approximate surface area is 87.2 Å². The van der Waals surface area contributed by atoms with E-state index in [4.69, 9.17) is 4.74 Å². The third kappa shape index (κ3) is 4.40. The molecule has 0 bridgehead atoms. The van der Waals surface area contributed by atoms with Crippen LogP contribution in [0.1, 0.15) is 39.0 Å². The summed E-state index contributed by atoms with van der Waals surface area (Å²) in [6.07, 6.45) is 6.17. The van der Waals surface area contributed by atoms with Gasteiger partial charge in [-0.1, -0.05) is 26.2 Å². The molecule has 0 aromatic carbocycles. The highest BCUT2D eigenvalue weighted by atomic mass is 16.6. The van der Waals surface area contributed by atoms with Crippen LogP contribution in [0, 0.1) is 5.21 Å². The lowest BCUT2D eigenvalue weighted by atomic mass is 10.1. The van der Waals surface area contributed by atoms with Crippen molar-refractivity contribution in [3.63, 3.8) is 0 Å². The highest BCUT2D eigenvalue weighted by molar-refractivity contribution is 4.51. The van der Waals surface area contributed by atoms with Crippen molar-refractivity contribution in [3.05, 3.63) is 5.21 Å². The van der Waals surface area contributed by atoms with Crippen LogP contribution >= 0.6 is 0 Å². The van der Waals surface area contributed by atoms with Crippen molar-refractivity contribution in [2.24, 2.45) is 0 Å². The maximum absolute atomic E-state index is 12.0. The summed E-state index contributed by atoms with van der Waals surface area (Å²) >= 11 is 0. The van der Waals surface area contributed by atoms with E-state index < -0.39 is 0 Å². The average Bonchev–Trinajstić information content (AvgIpc) is 2.18. The van der Waals surface area contributed by atoms with Gasteiger partial charge < -0.3 is 14.6 Å². The lowest BCUT2D eigenvalue weighted by Crippen LogP contribution is -2.50. The third-order valence-corrected chi connectivity index (χ3v) is 2.96. The van der Waals surface area contributed by atoms with Crippen LogP contribution in [0.15, 0.2) is 0 Å². The van der Waals surface area contributed by atoms with E-state index in [9.17, 15) is 5.21 Å². The molecule has 84 valence electrons. The molecule has 0 unspecified atom stereocenters. The van der Waals surface area contributed by atoms with Crippen molar-refractivity contribution in [2.45, 2.75) is 39.0 Å². The summed E-state index contributed by atoms with van der Waals surface area (Å²) in [5, 5.41) is 12.0. The second-order valence-corrected chi connectivity index (χ2v) is 4.26. The molecule has 1 saturated heterocycles. The van der Waals surface area contributed by atoms with Crippen LogP contribution in [-0.2, 0) is 4.74 Å². The molecule has 0 amide bonds. The molecule has 0 saturated carbocycles. The highest BCUT2D eigenvalue weighted by Gasteiger charge is 2.19. The molecular formula is C11H23NO2. The van der Waals surface area contributed by atoms with Gasteiger partial charge in [0, 0.05) is 0 Å². The molecule has 0 aromatic rings. The Morgan fingerprint density at radius 2 is 1.71 bits per heavy atom. The Bertz CT molecular complexity index is 144. The van der Waals surface area contributed by atoms with Crippen molar-refractivity contribution >= 4 is 0 Å². The van der Waals surface area contributed by atoms with Gasteiger partial charge in [-0.25, -0.2) is 0 Å². The van der Waals surface area contributed by atoms with E-state index in [1.807, 2.05) is 0 Å². The van der Waals surface area contributed by atoms with E-state index in [0.717, 1.165) is 13.0 Å². The number of hydrogen-bond acceptors (Lipinski definition) is 2. The molecule has 1 fully saturated rings. The van der Waals surface area contributed by atoms with Crippen molar-refractivity contribution in [1.29, 1.82) is 0 Å². The zero-order chi connectivity index (χ0) is 10.3. The number of ether oxygens (including phenoxy) is 1. The van der Waals surface area contributed by atoms with Crippen molar-refractivity contribution in [3.8, 4) is 0 Å². The molecule has 14 heavy (non-hydrogen) atoms. The molecule has 0 N–H and O–H groups in total. The van der Waals surface area contributed by atoms with Crippen LogP contribution in [0.4, 0.5) is 0 Å². The standard InChI is InChI=1S/C11H23NO2/c1-2-3-4-5-6-7-12(13)8-10-14-11-9-12/h2-11H2,1H3. The van der Waals surface area contributed by atoms with E-state index >= 15 is 0 Å². The van der Waals surface area contributed by atoms with Gasteiger partial charge in [0.15, 0.2) is 0 Å². The number of unbranched alkanes of at least 4 members (excludes halogenated alkanes) is 4. The summed E-state index contributed by atoms with van der Waals surface area (Å²) in [5.41, 5.74) is 0. The number of quaternary nitrogens is 1. The van der Waals surface area contributed by atoms with Gasteiger partial charge in [0.05, 0.1) is 19.8 Å². The second-order valence-electron chi connectivity index (χ2n) is 4.26. The predicted octanol–water partition coefficient (Wildman–Crippen LogP) is 2.30.